The second kappa shape index (κ2) is 5.15. The molecule has 110 valence electrons. The highest BCUT2D eigenvalue weighted by molar-refractivity contribution is 6.35. The van der Waals surface area contributed by atoms with Gasteiger partial charge in [-0.2, -0.15) is 0 Å². The van der Waals surface area contributed by atoms with Crippen molar-refractivity contribution in [1.82, 2.24) is 10.3 Å². The van der Waals surface area contributed by atoms with Crippen LogP contribution in [0.4, 0.5) is 5.69 Å². The number of hydrogen-bond donors (Lipinski definition) is 1. The van der Waals surface area contributed by atoms with Crippen LogP contribution in [0.2, 0.25) is 5.02 Å². The molecule has 4 rings (SSSR count). The molecule has 0 unspecified atom stereocenters. The third-order valence-corrected chi connectivity index (χ3v) is 5.30. The molecule has 4 heteroatoms. The second-order valence-corrected chi connectivity index (χ2v) is 6.71. The van der Waals surface area contributed by atoms with Gasteiger partial charge in [-0.15, -0.1) is 0 Å². The molecule has 0 amide bonds. The summed E-state index contributed by atoms with van der Waals surface area (Å²) < 4.78 is 0. The number of nitrogens with zero attached hydrogens (tertiary/aromatic N) is 2. The molecule has 1 saturated carbocycles. The number of aromatic nitrogens is 1. The van der Waals surface area contributed by atoms with E-state index in [-0.39, 0.29) is 0 Å². The van der Waals surface area contributed by atoms with Crippen molar-refractivity contribution in [2.75, 3.05) is 24.5 Å². The van der Waals surface area contributed by atoms with Crippen molar-refractivity contribution in [3.05, 3.63) is 35.5 Å². The van der Waals surface area contributed by atoms with Gasteiger partial charge in [0.1, 0.15) is 0 Å². The van der Waals surface area contributed by atoms with E-state index in [4.69, 9.17) is 11.6 Å². The molecule has 1 saturated heterocycles. The number of anilines is 1. The monoisotopic (exact) mass is 301 g/mol. The van der Waals surface area contributed by atoms with Gasteiger partial charge in [-0.3, -0.25) is 4.98 Å². The fourth-order valence-corrected chi connectivity index (χ4v) is 4.14. The maximum atomic E-state index is 6.32. The minimum Gasteiger partial charge on any atom is -0.367 e. The number of pyridine rings is 1. The van der Waals surface area contributed by atoms with Crippen molar-refractivity contribution >= 4 is 28.2 Å². The topological polar surface area (TPSA) is 28.2 Å². The predicted molar refractivity (Wildman–Crippen MR) is 88.2 cm³/mol. The van der Waals surface area contributed by atoms with Crippen molar-refractivity contribution in [1.29, 1.82) is 0 Å². The van der Waals surface area contributed by atoms with Gasteiger partial charge in [0.15, 0.2) is 0 Å². The first-order valence-electron chi connectivity index (χ1n) is 7.81. The van der Waals surface area contributed by atoms with E-state index in [0.29, 0.717) is 5.54 Å². The number of benzene rings is 1. The van der Waals surface area contributed by atoms with E-state index in [1.54, 1.807) is 0 Å². The van der Waals surface area contributed by atoms with Gasteiger partial charge < -0.3 is 10.2 Å². The van der Waals surface area contributed by atoms with E-state index in [0.717, 1.165) is 35.6 Å². The van der Waals surface area contributed by atoms with Crippen molar-refractivity contribution in [2.24, 2.45) is 0 Å². The Morgan fingerprint density at radius 2 is 2.05 bits per heavy atom. The molecule has 0 atom stereocenters. The molecule has 2 aliphatic rings. The van der Waals surface area contributed by atoms with Crippen molar-refractivity contribution in [3.8, 4) is 0 Å². The fourth-order valence-electron chi connectivity index (χ4n) is 3.93. The summed E-state index contributed by atoms with van der Waals surface area (Å²) in [4.78, 5) is 7.08. The molecule has 0 radical (unpaired) electrons. The molecule has 2 fully saturated rings. The predicted octanol–water partition coefficient (Wildman–Crippen LogP) is 3.61. The first-order chi connectivity index (χ1) is 10.3. The van der Waals surface area contributed by atoms with E-state index in [9.17, 15) is 0 Å². The Morgan fingerprint density at radius 3 is 2.90 bits per heavy atom. The van der Waals surface area contributed by atoms with Gasteiger partial charge in [-0.25, -0.2) is 0 Å². The Hall–Kier alpha value is -1.32. The molecule has 1 aromatic heterocycles. The van der Waals surface area contributed by atoms with E-state index < -0.39 is 0 Å². The normalized spacial score (nSPS) is 21.3. The lowest BCUT2D eigenvalue weighted by atomic mass is 9.94. The highest BCUT2D eigenvalue weighted by atomic mass is 35.5. The van der Waals surface area contributed by atoms with Crippen LogP contribution in [-0.4, -0.2) is 30.2 Å². The molecule has 1 aliphatic heterocycles. The van der Waals surface area contributed by atoms with E-state index in [2.05, 4.69) is 27.3 Å². The van der Waals surface area contributed by atoms with Crippen LogP contribution in [-0.2, 0) is 0 Å². The number of piperazine rings is 1. The molecule has 1 aliphatic carbocycles. The number of halogens is 1. The lowest BCUT2D eigenvalue weighted by Crippen LogP contribution is -2.59. The van der Waals surface area contributed by atoms with Gasteiger partial charge in [0, 0.05) is 36.8 Å². The zero-order valence-corrected chi connectivity index (χ0v) is 12.9. The molecular weight excluding hydrogens is 282 g/mol. The molecule has 1 aromatic carbocycles. The van der Waals surface area contributed by atoms with Crippen molar-refractivity contribution in [3.63, 3.8) is 0 Å². The van der Waals surface area contributed by atoms with Crippen LogP contribution in [0.5, 0.6) is 0 Å². The summed E-state index contributed by atoms with van der Waals surface area (Å²) in [5.74, 6) is 0. The van der Waals surface area contributed by atoms with Crippen LogP contribution in [0.25, 0.3) is 10.9 Å². The smallest absolute Gasteiger partial charge is 0.0950 e. The average Bonchev–Trinajstić information content (AvgIpc) is 2.96. The largest absolute Gasteiger partial charge is 0.367 e. The van der Waals surface area contributed by atoms with Crippen LogP contribution in [0.15, 0.2) is 30.5 Å². The SMILES string of the molecule is Clc1ccc(N2CCNC3(CCCC3)C2)c2ncccc12. The summed E-state index contributed by atoms with van der Waals surface area (Å²) in [7, 11) is 0. The minimum atomic E-state index is 0.318. The van der Waals surface area contributed by atoms with Gasteiger partial charge in [-0.1, -0.05) is 24.4 Å². The Labute approximate surface area is 130 Å². The first-order valence-corrected chi connectivity index (χ1v) is 8.19. The summed E-state index contributed by atoms with van der Waals surface area (Å²) in [5, 5.41) is 5.60. The van der Waals surface area contributed by atoms with E-state index in [1.807, 2.05) is 18.3 Å². The van der Waals surface area contributed by atoms with Gasteiger partial charge in [0.2, 0.25) is 0 Å². The van der Waals surface area contributed by atoms with Crippen molar-refractivity contribution in [2.45, 2.75) is 31.2 Å². The third kappa shape index (κ3) is 2.29. The fraction of sp³-hybridized carbons (Fsp3) is 0.471. The van der Waals surface area contributed by atoms with Crippen LogP contribution in [0.1, 0.15) is 25.7 Å². The Morgan fingerprint density at radius 1 is 1.19 bits per heavy atom. The Balaban J connectivity index is 1.74. The van der Waals surface area contributed by atoms with Gasteiger partial charge in [0.25, 0.3) is 0 Å². The van der Waals surface area contributed by atoms with E-state index in [1.165, 1.54) is 31.4 Å². The average molecular weight is 302 g/mol. The van der Waals surface area contributed by atoms with Crippen LogP contribution >= 0.6 is 11.6 Å². The molecule has 2 heterocycles. The Kier molecular flexibility index (Phi) is 3.27. The molecule has 21 heavy (non-hydrogen) atoms. The molecule has 3 nitrogen and oxygen atoms in total. The van der Waals surface area contributed by atoms with Crippen LogP contribution < -0.4 is 10.2 Å². The highest BCUT2D eigenvalue weighted by Gasteiger charge is 2.38. The molecule has 1 spiro atoms. The highest BCUT2D eigenvalue weighted by Crippen LogP contribution is 2.36. The summed E-state index contributed by atoms with van der Waals surface area (Å²) in [6, 6.07) is 8.14. The number of nitrogens with one attached hydrogen (secondary N) is 1. The zero-order valence-electron chi connectivity index (χ0n) is 12.1. The second-order valence-electron chi connectivity index (χ2n) is 6.30. The van der Waals surface area contributed by atoms with Crippen LogP contribution in [0, 0.1) is 0 Å². The lowest BCUT2D eigenvalue weighted by molar-refractivity contribution is 0.304. The first kappa shape index (κ1) is 13.4. The standard InChI is InChI=1S/C17H20ClN3/c18-14-5-6-15(16-13(14)4-3-9-19-16)21-11-10-20-17(12-21)7-1-2-8-17/h3-6,9,20H,1-2,7-8,10-12H2. The molecule has 2 aromatic rings. The maximum Gasteiger partial charge on any atom is 0.0950 e. The summed E-state index contributed by atoms with van der Waals surface area (Å²) in [6.07, 6.45) is 7.14. The summed E-state index contributed by atoms with van der Waals surface area (Å²) in [6.45, 7) is 3.17. The zero-order chi connectivity index (χ0) is 14.3. The van der Waals surface area contributed by atoms with Gasteiger partial charge >= 0.3 is 0 Å². The third-order valence-electron chi connectivity index (χ3n) is 4.97. The molecule has 0 bridgehead atoms. The quantitative estimate of drug-likeness (QED) is 0.872. The van der Waals surface area contributed by atoms with Gasteiger partial charge in [-0.05, 0) is 37.1 Å². The number of hydrogen-bond acceptors (Lipinski definition) is 3. The lowest BCUT2D eigenvalue weighted by Gasteiger charge is -2.43. The van der Waals surface area contributed by atoms with E-state index >= 15 is 0 Å². The van der Waals surface area contributed by atoms with Gasteiger partial charge in [0.05, 0.1) is 16.2 Å². The molecular formula is C17H20ClN3. The summed E-state index contributed by atoms with van der Waals surface area (Å²) >= 11 is 6.32. The number of rotatable bonds is 1. The van der Waals surface area contributed by atoms with Crippen molar-refractivity contribution < 1.29 is 0 Å². The minimum absolute atomic E-state index is 0.318. The Bertz CT molecular complexity index is 664. The summed E-state index contributed by atoms with van der Waals surface area (Å²) in [5.41, 5.74) is 2.57. The molecule has 1 N–H and O–H groups in total. The maximum absolute atomic E-state index is 6.32. The number of fused-ring (bicyclic) bond motifs is 1. The van der Waals surface area contributed by atoms with Crippen LogP contribution in [0.3, 0.4) is 0 Å².